The Morgan fingerprint density at radius 2 is 2.20 bits per heavy atom. The maximum atomic E-state index is 5.79. The Labute approximate surface area is 92.7 Å². The molecule has 0 radical (unpaired) electrons. The zero-order chi connectivity index (χ0) is 11.3. The fourth-order valence-corrected chi connectivity index (χ4v) is 1.65. The van der Waals surface area contributed by atoms with Crippen LogP contribution in [0.5, 0.6) is 0 Å². The predicted molar refractivity (Wildman–Crippen MR) is 60.7 cm³/mol. The number of nitrogens with zero attached hydrogens (tertiary/aromatic N) is 1. The summed E-state index contributed by atoms with van der Waals surface area (Å²) in [5, 5.41) is 0. The van der Waals surface area contributed by atoms with Crippen LogP contribution in [0, 0.1) is 0 Å². The summed E-state index contributed by atoms with van der Waals surface area (Å²) in [6.45, 7) is 10.6. The highest BCUT2D eigenvalue weighted by Crippen LogP contribution is 2.15. The zero-order valence-electron chi connectivity index (χ0n) is 10.2. The van der Waals surface area contributed by atoms with Crippen LogP contribution in [-0.2, 0) is 9.47 Å². The van der Waals surface area contributed by atoms with E-state index in [2.05, 4.69) is 25.7 Å². The van der Waals surface area contributed by atoms with Crippen molar-refractivity contribution in [3.05, 3.63) is 0 Å². The van der Waals surface area contributed by atoms with Gasteiger partial charge in [0.1, 0.15) is 0 Å². The van der Waals surface area contributed by atoms with Gasteiger partial charge in [-0.2, -0.15) is 0 Å². The second-order valence-electron chi connectivity index (χ2n) is 4.97. The molecule has 0 saturated carbocycles. The average Bonchev–Trinajstić information content (AvgIpc) is 2.12. The Hall–Kier alpha value is -0.160. The molecule has 0 aromatic heterocycles. The van der Waals surface area contributed by atoms with E-state index < -0.39 is 0 Å². The minimum atomic E-state index is -0.137. The normalized spacial score (nSPS) is 24.4. The number of ether oxygens (including phenoxy) is 2. The van der Waals surface area contributed by atoms with Gasteiger partial charge in [-0.3, -0.25) is 4.90 Å². The molecule has 1 fully saturated rings. The molecule has 1 rings (SSSR count). The summed E-state index contributed by atoms with van der Waals surface area (Å²) >= 11 is 0. The first-order valence-corrected chi connectivity index (χ1v) is 5.73. The molecule has 1 aliphatic rings. The third kappa shape index (κ3) is 5.47. The Balaban J connectivity index is 2.29. The molecule has 0 aromatic rings. The van der Waals surface area contributed by atoms with Crippen LogP contribution in [0.1, 0.15) is 27.2 Å². The second-order valence-corrected chi connectivity index (χ2v) is 4.97. The van der Waals surface area contributed by atoms with E-state index in [0.717, 1.165) is 39.2 Å². The van der Waals surface area contributed by atoms with E-state index in [1.165, 1.54) is 0 Å². The van der Waals surface area contributed by atoms with Crippen LogP contribution < -0.4 is 5.73 Å². The summed E-state index contributed by atoms with van der Waals surface area (Å²) in [4.78, 5) is 2.35. The van der Waals surface area contributed by atoms with E-state index in [1.807, 2.05) is 0 Å². The zero-order valence-corrected chi connectivity index (χ0v) is 10.2. The Morgan fingerprint density at radius 1 is 1.47 bits per heavy atom. The molecule has 0 bridgehead atoms. The van der Waals surface area contributed by atoms with E-state index >= 15 is 0 Å². The molecule has 1 atom stereocenters. The van der Waals surface area contributed by atoms with Crippen molar-refractivity contribution in [3.63, 3.8) is 0 Å². The molecule has 0 spiro atoms. The summed E-state index contributed by atoms with van der Waals surface area (Å²) in [6, 6.07) is 0. The molecule has 4 heteroatoms. The van der Waals surface area contributed by atoms with Crippen LogP contribution in [0.2, 0.25) is 0 Å². The smallest absolute Gasteiger partial charge is 0.170 e. The van der Waals surface area contributed by atoms with Crippen LogP contribution >= 0.6 is 0 Å². The molecule has 15 heavy (non-hydrogen) atoms. The Morgan fingerprint density at radius 3 is 2.80 bits per heavy atom. The first kappa shape index (κ1) is 12.9. The van der Waals surface area contributed by atoms with Crippen molar-refractivity contribution in [1.29, 1.82) is 0 Å². The predicted octanol–water partition coefficient (Wildman–Crippen LogP) is 0.809. The van der Waals surface area contributed by atoms with Crippen LogP contribution in [0.25, 0.3) is 0 Å². The molecule has 0 amide bonds. The van der Waals surface area contributed by atoms with Crippen molar-refractivity contribution >= 4 is 0 Å². The lowest BCUT2D eigenvalue weighted by Crippen LogP contribution is -2.46. The molecular weight excluding hydrogens is 192 g/mol. The number of hydrogen-bond donors (Lipinski definition) is 1. The SMILES string of the molecule is CC(C)(C)O[C@@H]1CN(CCCN)CCO1. The third-order valence-electron chi connectivity index (χ3n) is 2.28. The highest BCUT2D eigenvalue weighted by atomic mass is 16.7. The molecule has 2 N–H and O–H groups in total. The van der Waals surface area contributed by atoms with E-state index in [-0.39, 0.29) is 11.9 Å². The minimum absolute atomic E-state index is 0.0866. The maximum absolute atomic E-state index is 5.79. The largest absolute Gasteiger partial charge is 0.350 e. The summed E-state index contributed by atoms with van der Waals surface area (Å²) < 4.78 is 11.4. The molecule has 0 aliphatic carbocycles. The van der Waals surface area contributed by atoms with Crippen molar-refractivity contribution in [2.75, 3.05) is 32.8 Å². The molecule has 1 aliphatic heterocycles. The number of morpholine rings is 1. The first-order chi connectivity index (χ1) is 7.01. The van der Waals surface area contributed by atoms with Gasteiger partial charge in [0, 0.05) is 13.1 Å². The summed E-state index contributed by atoms with van der Waals surface area (Å²) in [7, 11) is 0. The van der Waals surface area contributed by atoms with Crippen LogP contribution in [0.4, 0.5) is 0 Å². The van der Waals surface area contributed by atoms with Crippen molar-refractivity contribution in [1.82, 2.24) is 4.90 Å². The van der Waals surface area contributed by atoms with E-state index in [0.29, 0.717) is 0 Å². The molecule has 0 unspecified atom stereocenters. The average molecular weight is 216 g/mol. The van der Waals surface area contributed by atoms with Crippen molar-refractivity contribution < 1.29 is 9.47 Å². The van der Waals surface area contributed by atoms with Gasteiger partial charge >= 0.3 is 0 Å². The van der Waals surface area contributed by atoms with Gasteiger partial charge < -0.3 is 15.2 Å². The quantitative estimate of drug-likeness (QED) is 0.755. The van der Waals surface area contributed by atoms with Gasteiger partial charge in [-0.15, -0.1) is 0 Å². The topological polar surface area (TPSA) is 47.7 Å². The van der Waals surface area contributed by atoms with Crippen molar-refractivity contribution in [3.8, 4) is 0 Å². The third-order valence-corrected chi connectivity index (χ3v) is 2.28. The molecule has 1 saturated heterocycles. The Kier molecular flexibility index (Phi) is 4.99. The van der Waals surface area contributed by atoms with E-state index in [1.54, 1.807) is 0 Å². The lowest BCUT2D eigenvalue weighted by molar-refractivity contribution is -0.221. The first-order valence-electron chi connectivity index (χ1n) is 5.73. The molecule has 4 nitrogen and oxygen atoms in total. The maximum Gasteiger partial charge on any atom is 0.170 e. The molecule has 90 valence electrons. The van der Waals surface area contributed by atoms with Crippen molar-refractivity contribution in [2.45, 2.75) is 39.1 Å². The highest BCUT2D eigenvalue weighted by molar-refractivity contribution is 4.69. The minimum Gasteiger partial charge on any atom is -0.350 e. The summed E-state index contributed by atoms with van der Waals surface area (Å²) in [6.07, 6.45) is 0.957. The van der Waals surface area contributed by atoms with Crippen LogP contribution in [-0.4, -0.2) is 49.6 Å². The van der Waals surface area contributed by atoms with Gasteiger partial charge in [0.25, 0.3) is 0 Å². The van der Waals surface area contributed by atoms with E-state index in [9.17, 15) is 0 Å². The fraction of sp³-hybridized carbons (Fsp3) is 1.00. The highest BCUT2D eigenvalue weighted by Gasteiger charge is 2.24. The number of rotatable bonds is 4. The molecule has 0 aromatic carbocycles. The standard InChI is InChI=1S/C11H24N2O2/c1-11(2,3)15-10-9-13(6-4-5-12)7-8-14-10/h10H,4-9,12H2,1-3H3/t10-/m1/s1. The van der Waals surface area contributed by atoms with Gasteiger partial charge in [0.05, 0.1) is 12.2 Å². The fourth-order valence-electron chi connectivity index (χ4n) is 1.65. The van der Waals surface area contributed by atoms with Crippen molar-refractivity contribution in [2.24, 2.45) is 5.73 Å². The summed E-state index contributed by atoms with van der Waals surface area (Å²) in [5.41, 5.74) is 5.36. The van der Waals surface area contributed by atoms with Gasteiger partial charge in [0.2, 0.25) is 0 Å². The van der Waals surface area contributed by atoms with Gasteiger partial charge in [-0.05, 0) is 40.3 Å². The monoisotopic (exact) mass is 216 g/mol. The van der Waals surface area contributed by atoms with E-state index in [4.69, 9.17) is 15.2 Å². The molecular formula is C11H24N2O2. The van der Waals surface area contributed by atoms with Gasteiger partial charge in [-0.1, -0.05) is 0 Å². The number of nitrogens with two attached hydrogens (primary N) is 1. The van der Waals surface area contributed by atoms with Gasteiger partial charge in [0.15, 0.2) is 6.29 Å². The lowest BCUT2D eigenvalue weighted by atomic mass is 10.2. The van der Waals surface area contributed by atoms with Crippen LogP contribution in [0.15, 0.2) is 0 Å². The Bertz CT molecular complexity index is 180. The van der Waals surface area contributed by atoms with Gasteiger partial charge in [-0.25, -0.2) is 0 Å². The number of hydrogen-bond acceptors (Lipinski definition) is 4. The lowest BCUT2D eigenvalue weighted by Gasteiger charge is -2.36. The summed E-state index contributed by atoms with van der Waals surface area (Å²) in [5.74, 6) is 0. The molecule has 1 heterocycles. The van der Waals surface area contributed by atoms with Crippen LogP contribution in [0.3, 0.4) is 0 Å². The second kappa shape index (κ2) is 5.80.